The second-order valence-corrected chi connectivity index (χ2v) is 7.09. The molecule has 0 saturated carbocycles. The van der Waals surface area contributed by atoms with Gasteiger partial charge in [0.05, 0.1) is 0 Å². The van der Waals surface area contributed by atoms with E-state index in [-0.39, 0.29) is 51.0 Å². The van der Waals surface area contributed by atoms with Crippen molar-refractivity contribution in [2.45, 2.75) is 38.5 Å². The second kappa shape index (κ2) is 11.9. The van der Waals surface area contributed by atoms with Crippen molar-refractivity contribution in [3.63, 3.8) is 0 Å². The fraction of sp³-hybridized carbons (Fsp3) is 0.240. The van der Waals surface area contributed by atoms with Gasteiger partial charge < -0.3 is 24.8 Å². The van der Waals surface area contributed by atoms with Gasteiger partial charge in [0, 0.05) is 0 Å². The van der Waals surface area contributed by atoms with Crippen LogP contribution in [0.4, 0.5) is 0 Å². The van der Waals surface area contributed by atoms with Crippen molar-refractivity contribution >= 4 is 6.08 Å². The van der Waals surface area contributed by atoms with Gasteiger partial charge in [-0.3, -0.25) is 6.08 Å². The molecule has 0 spiro atoms. The fourth-order valence-electron chi connectivity index (χ4n) is 4.07. The molecule has 3 aromatic carbocycles. The van der Waals surface area contributed by atoms with Crippen LogP contribution in [0.1, 0.15) is 52.1 Å². The molecule has 0 aliphatic heterocycles. The first-order valence-corrected chi connectivity index (χ1v) is 9.27. The van der Waals surface area contributed by atoms with Gasteiger partial charge in [0.1, 0.15) is 0 Å². The summed E-state index contributed by atoms with van der Waals surface area (Å²) in [6.07, 6.45) is 10.1. The van der Waals surface area contributed by atoms with E-state index in [4.69, 9.17) is 0 Å². The molecule has 2 aliphatic carbocycles. The van der Waals surface area contributed by atoms with E-state index in [1.807, 2.05) is 0 Å². The maximum absolute atomic E-state index is 3.16. The molecule has 0 aromatic heterocycles. The predicted octanol–water partition coefficient (Wildman–Crippen LogP) is 0.247. The van der Waals surface area contributed by atoms with E-state index >= 15 is 0 Å². The molecular formula is C25H24Cl2Zr. The summed E-state index contributed by atoms with van der Waals surface area (Å²) in [5.74, 6) is 0.638. The Balaban J connectivity index is 0.000000284. The molecule has 142 valence electrons. The Morgan fingerprint density at radius 2 is 1.68 bits per heavy atom. The number of allylic oxidation sites excluding steroid dienone is 1. The van der Waals surface area contributed by atoms with Crippen LogP contribution in [0.3, 0.4) is 0 Å². The summed E-state index contributed by atoms with van der Waals surface area (Å²) < 4.78 is 0. The Kier molecular flexibility index (Phi) is 10.6. The van der Waals surface area contributed by atoms with Crippen LogP contribution in [0.25, 0.3) is 6.08 Å². The van der Waals surface area contributed by atoms with Gasteiger partial charge in [-0.1, -0.05) is 80.3 Å². The number of halogens is 2. The van der Waals surface area contributed by atoms with Gasteiger partial charge in [-0.05, 0) is 5.92 Å². The van der Waals surface area contributed by atoms with E-state index in [1.54, 1.807) is 11.1 Å². The van der Waals surface area contributed by atoms with Crippen LogP contribution in [-0.2, 0) is 39.0 Å². The van der Waals surface area contributed by atoms with Crippen molar-refractivity contribution in [1.82, 2.24) is 0 Å². The third-order valence-electron chi connectivity index (χ3n) is 5.28. The number of hydrogen-bond acceptors (Lipinski definition) is 0. The minimum absolute atomic E-state index is 0. The maximum atomic E-state index is 3.16. The molecule has 0 N–H and O–H groups in total. The van der Waals surface area contributed by atoms with Gasteiger partial charge >= 0.3 is 26.2 Å². The van der Waals surface area contributed by atoms with Crippen molar-refractivity contribution in [3.05, 3.63) is 106 Å². The first kappa shape index (κ1) is 25.0. The number of benzene rings is 2. The SMILES string of the molecule is Cc1cc2c([cH-]1)CCCC2c1ccccc1.[C-]1=Cc2ccccc2C1.[Cl-].[Cl-].[Zr+4]. The first-order valence-electron chi connectivity index (χ1n) is 9.27. The standard InChI is InChI=1S/C16H17.C9H7.2ClH.Zr/c1-12-10-14-8-5-9-15(16(14)11-12)13-6-3-2-4-7-13;1-2-5-9-7-3-6-8(9)4-1;;;/h2-4,6-7,10-11,15H,5,8-9H2,1H3;1-2,4-6H,7H2;2*1H;/q2*-1;;;+4/p-2. The monoisotopic (exact) mass is 484 g/mol. The Morgan fingerprint density at radius 3 is 2.43 bits per heavy atom. The molecule has 2 aliphatic rings. The maximum Gasteiger partial charge on any atom is 4.00 e. The quantitative estimate of drug-likeness (QED) is 0.433. The average molecular weight is 487 g/mol. The Labute approximate surface area is 200 Å². The molecule has 0 radical (unpaired) electrons. The Bertz CT molecular complexity index is 881. The van der Waals surface area contributed by atoms with E-state index in [0.717, 1.165) is 6.42 Å². The van der Waals surface area contributed by atoms with Gasteiger partial charge in [0.2, 0.25) is 0 Å². The van der Waals surface area contributed by atoms with Crippen LogP contribution >= 0.6 is 0 Å². The minimum atomic E-state index is 0. The Hall–Kier alpha value is -1.01. The smallest absolute Gasteiger partial charge is 1.00 e. The summed E-state index contributed by atoms with van der Waals surface area (Å²) in [4.78, 5) is 0. The molecule has 3 heteroatoms. The summed E-state index contributed by atoms with van der Waals surface area (Å²) in [6.45, 7) is 2.21. The van der Waals surface area contributed by atoms with E-state index < -0.39 is 0 Å². The third kappa shape index (κ3) is 5.76. The molecule has 0 saturated heterocycles. The number of hydrogen-bond donors (Lipinski definition) is 0. The molecule has 28 heavy (non-hydrogen) atoms. The van der Waals surface area contributed by atoms with Crippen molar-refractivity contribution in [3.8, 4) is 0 Å². The zero-order valence-electron chi connectivity index (χ0n) is 16.1. The molecule has 0 nitrogen and oxygen atoms in total. The molecule has 0 fully saturated rings. The second-order valence-electron chi connectivity index (χ2n) is 7.09. The molecular weight excluding hydrogens is 462 g/mol. The van der Waals surface area contributed by atoms with E-state index in [1.165, 1.54) is 41.5 Å². The number of fused-ring (bicyclic) bond motifs is 2. The summed E-state index contributed by atoms with van der Waals surface area (Å²) in [5.41, 5.74) is 8.80. The fourth-order valence-corrected chi connectivity index (χ4v) is 4.07. The van der Waals surface area contributed by atoms with Gasteiger partial charge in [-0.25, -0.2) is 12.1 Å². The summed E-state index contributed by atoms with van der Waals surface area (Å²) in [7, 11) is 0. The number of aryl methyl sites for hydroxylation is 2. The minimum Gasteiger partial charge on any atom is -1.00 e. The van der Waals surface area contributed by atoms with Crippen LogP contribution in [0, 0.1) is 13.0 Å². The Morgan fingerprint density at radius 1 is 0.964 bits per heavy atom. The summed E-state index contributed by atoms with van der Waals surface area (Å²) >= 11 is 0. The predicted molar refractivity (Wildman–Crippen MR) is 106 cm³/mol. The van der Waals surface area contributed by atoms with E-state index in [9.17, 15) is 0 Å². The third-order valence-corrected chi connectivity index (χ3v) is 5.28. The zero-order valence-corrected chi connectivity index (χ0v) is 20.1. The van der Waals surface area contributed by atoms with Crippen LogP contribution < -0.4 is 24.8 Å². The van der Waals surface area contributed by atoms with Gasteiger partial charge in [-0.2, -0.15) is 28.3 Å². The molecule has 3 aromatic rings. The average Bonchev–Trinajstić information content (AvgIpc) is 3.28. The topological polar surface area (TPSA) is 0 Å². The first-order chi connectivity index (χ1) is 12.3. The van der Waals surface area contributed by atoms with Crippen LogP contribution in [-0.4, -0.2) is 0 Å². The molecule has 1 unspecified atom stereocenters. The largest absolute Gasteiger partial charge is 4.00 e. The molecule has 0 amide bonds. The molecule has 1 atom stereocenters. The van der Waals surface area contributed by atoms with Gasteiger partial charge in [0.15, 0.2) is 0 Å². The normalized spacial score (nSPS) is 15.5. The van der Waals surface area contributed by atoms with Crippen molar-refractivity contribution in [2.24, 2.45) is 0 Å². The van der Waals surface area contributed by atoms with Crippen LogP contribution in [0.2, 0.25) is 0 Å². The van der Waals surface area contributed by atoms with Crippen molar-refractivity contribution in [1.29, 1.82) is 0 Å². The van der Waals surface area contributed by atoms with Crippen LogP contribution in [0.15, 0.2) is 66.7 Å². The van der Waals surface area contributed by atoms with Crippen LogP contribution in [0.5, 0.6) is 0 Å². The summed E-state index contributed by atoms with van der Waals surface area (Å²) in [6, 6.07) is 24.1. The van der Waals surface area contributed by atoms with Crippen molar-refractivity contribution in [2.75, 3.05) is 0 Å². The van der Waals surface area contributed by atoms with E-state index in [0.29, 0.717) is 5.92 Å². The number of rotatable bonds is 1. The van der Waals surface area contributed by atoms with Gasteiger partial charge in [-0.15, -0.1) is 18.1 Å². The summed E-state index contributed by atoms with van der Waals surface area (Å²) in [5, 5.41) is 0. The van der Waals surface area contributed by atoms with E-state index in [2.05, 4.69) is 85.8 Å². The molecule has 0 bridgehead atoms. The van der Waals surface area contributed by atoms with Gasteiger partial charge in [0.25, 0.3) is 0 Å². The zero-order chi connectivity index (χ0) is 17.1. The van der Waals surface area contributed by atoms with Crippen molar-refractivity contribution < 1.29 is 51.0 Å². The molecule has 0 heterocycles. The molecule has 5 rings (SSSR count).